The molecule has 0 spiro atoms. The van der Waals surface area contributed by atoms with E-state index in [9.17, 15) is 9.59 Å². The molecule has 2 aromatic carbocycles. The standard InChI is InChI=1S/C25H30N4O2/c1-17-7-6-10-22(18(17)2)27-24(30)16-28-11-13-29(14-12-28)19(3)25(31)21-15-26-23-9-5-4-8-20(21)23/h4-10,15,19,26H,11-14,16H2,1-3H3,(H,27,30)/t19-/m1/s1. The van der Waals surface area contributed by atoms with Crippen LogP contribution in [0.3, 0.4) is 0 Å². The van der Waals surface area contributed by atoms with Crippen LogP contribution in [-0.4, -0.2) is 65.2 Å². The fourth-order valence-corrected chi connectivity index (χ4v) is 4.25. The molecule has 0 bridgehead atoms. The maximum atomic E-state index is 13.1. The van der Waals surface area contributed by atoms with Crippen molar-refractivity contribution in [2.75, 3.05) is 38.0 Å². The summed E-state index contributed by atoms with van der Waals surface area (Å²) in [5.74, 6) is 0.142. The van der Waals surface area contributed by atoms with Crippen molar-refractivity contribution in [1.29, 1.82) is 0 Å². The quantitative estimate of drug-likeness (QED) is 0.600. The maximum Gasteiger partial charge on any atom is 0.238 e. The fourth-order valence-electron chi connectivity index (χ4n) is 4.25. The number of carbonyl (C=O) groups excluding carboxylic acids is 2. The molecular formula is C25H30N4O2. The van der Waals surface area contributed by atoms with Crippen LogP contribution in [0.1, 0.15) is 28.4 Å². The van der Waals surface area contributed by atoms with Gasteiger partial charge in [0.2, 0.25) is 5.91 Å². The number of nitrogens with one attached hydrogen (secondary N) is 2. The molecule has 1 aliphatic rings. The number of piperazine rings is 1. The first-order valence-electron chi connectivity index (χ1n) is 10.9. The van der Waals surface area contributed by atoms with Gasteiger partial charge >= 0.3 is 0 Å². The average Bonchev–Trinajstić information content (AvgIpc) is 3.20. The third kappa shape index (κ3) is 4.55. The number of H-pyrrole nitrogens is 1. The van der Waals surface area contributed by atoms with Gasteiger partial charge in [-0.15, -0.1) is 0 Å². The first kappa shape index (κ1) is 21.3. The smallest absolute Gasteiger partial charge is 0.238 e. The number of aromatic nitrogens is 1. The molecule has 1 aromatic heterocycles. The first-order valence-corrected chi connectivity index (χ1v) is 10.9. The first-order chi connectivity index (χ1) is 14.9. The van der Waals surface area contributed by atoms with Gasteiger partial charge in [0, 0.05) is 54.5 Å². The third-order valence-electron chi connectivity index (χ3n) is 6.43. The van der Waals surface area contributed by atoms with E-state index in [0.717, 1.165) is 53.9 Å². The predicted molar refractivity (Wildman–Crippen MR) is 125 cm³/mol. The zero-order valence-corrected chi connectivity index (χ0v) is 18.4. The van der Waals surface area contributed by atoms with E-state index in [4.69, 9.17) is 0 Å². The number of rotatable bonds is 6. The Morgan fingerprint density at radius 2 is 1.77 bits per heavy atom. The molecule has 6 heteroatoms. The van der Waals surface area contributed by atoms with Crippen molar-refractivity contribution in [3.63, 3.8) is 0 Å². The molecule has 1 saturated heterocycles. The number of aromatic amines is 1. The Kier molecular flexibility index (Phi) is 6.20. The SMILES string of the molecule is Cc1cccc(NC(=O)CN2CCN([C@H](C)C(=O)c3c[nH]c4ccccc34)CC2)c1C. The summed E-state index contributed by atoms with van der Waals surface area (Å²) in [5, 5.41) is 4.01. The van der Waals surface area contributed by atoms with E-state index in [2.05, 4.69) is 20.1 Å². The van der Waals surface area contributed by atoms with Gasteiger partial charge in [0.1, 0.15) is 0 Å². The molecule has 4 rings (SSSR count). The van der Waals surface area contributed by atoms with Crippen LogP contribution in [0.5, 0.6) is 0 Å². The van der Waals surface area contributed by atoms with Crippen LogP contribution in [-0.2, 0) is 4.79 Å². The Morgan fingerprint density at radius 3 is 2.55 bits per heavy atom. The summed E-state index contributed by atoms with van der Waals surface area (Å²) < 4.78 is 0. The number of anilines is 1. The summed E-state index contributed by atoms with van der Waals surface area (Å²) >= 11 is 0. The Morgan fingerprint density at radius 1 is 1.03 bits per heavy atom. The minimum atomic E-state index is -0.190. The van der Waals surface area contributed by atoms with Gasteiger partial charge in [-0.25, -0.2) is 0 Å². The largest absolute Gasteiger partial charge is 0.360 e. The fraction of sp³-hybridized carbons (Fsp3) is 0.360. The second kappa shape index (κ2) is 9.04. The van der Waals surface area contributed by atoms with E-state index in [1.54, 1.807) is 0 Å². The van der Waals surface area contributed by atoms with Crippen LogP contribution in [0.15, 0.2) is 48.7 Å². The van der Waals surface area contributed by atoms with Gasteiger partial charge in [-0.1, -0.05) is 30.3 Å². The third-order valence-corrected chi connectivity index (χ3v) is 6.43. The molecule has 1 aliphatic heterocycles. The number of aryl methyl sites for hydroxylation is 1. The molecule has 1 atom stereocenters. The minimum absolute atomic E-state index is 0.00469. The van der Waals surface area contributed by atoms with E-state index in [1.165, 1.54) is 5.56 Å². The highest BCUT2D eigenvalue weighted by Crippen LogP contribution is 2.21. The van der Waals surface area contributed by atoms with Crippen LogP contribution in [0.25, 0.3) is 10.9 Å². The normalized spacial score (nSPS) is 16.4. The number of benzene rings is 2. The van der Waals surface area contributed by atoms with Crippen molar-refractivity contribution >= 4 is 28.3 Å². The second-order valence-corrected chi connectivity index (χ2v) is 8.40. The Bertz CT molecular complexity index is 1100. The summed E-state index contributed by atoms with van der Waals surface area (Å²) in [6, 6.07) is 13.6. The molecule has 0 unspecified atom stereocenters. The van der Waals surface area contributed by atoms with Gasteiger partial charge in [-0.2, -0.15) is 0 Å². The van der Waals surface area contributed by atoms with Gasteiger partial charge in [0.15, 0.2) is 5.78 Å². The lowest BCUT2D eigenvalue weighted by molar-refractivity contribution is -0.117. The molecule has 0 saturated carbocycles. The molecule has 31 heavy (non-hydrogen) atoms. The van der Waals surface area contributed by atoms with E-state index in [1.807, 2.05) is 69.4 Å². The number of amides is 1. The molecule has 6 nitrogen and oxygen atoms in total. The number of fused-ring (bicyclic) bond motifs is 1. The molecule has 0 radical (unpaired) electrons. The van der Waals surface area contributed by atoms with E-state index in [-0.39, 0.29) is 17.7 Å². The van der Waals surface area contributed by atoms with Crippen molar-refractivity contribution < 1.29 is 9.59 Å². The van der Waals surface area contributed by atoms with Gasteiger partial charge in [0.25, 0.3) is 0 Å². The van der Waals surface area contributed by atoms with Crippen molar-refractivity contribution in [3.05, 3.63) is 65.4 Å². The van der Waals surface area contributed by atoms with Crippen molar-refractivity contribution in [1.82, 2.24) is 14.8 Å². The van der Waals surface area contributed by atoms with Crippen LogP contribution in [0, 0.1) is 13.8 Å². The molecule has 162 valence electrons. The highest BCUT2D eigenvalue weighted by atomic mass is 16.2. The minimum Gasteiger partial charge on any atom is -0.360 e. The van der Waals surface area contributed by atoms with Gasteiger partial charge in [-0.05, 0) is 44.0 Å². The Hall–Kier alpha value is -2.96. The van der Waals surface area contributed by atoms with E-state index in [0.29, 0.717) is 6.54 Å². The zero-order chi connectivity index (χ0) is 22.0. The van der Waals surface area contributed by atoms with Gasteiger partial charge in [-0.3, -0.25) is 19.4 Å². The van der Waals surface area contributed by atoms with Crippen molar-refractivity contribution in [3.8, 4) is 0 Å². The van der Waals surface area contributed by atoms with Gasteiger partial charge in [0.05, 0.1) is 12.6 Å². The number of carbonyl (C=O) groups is 2. The summed E-state index contributed by atoms with van der Waals surface area (Å²) in [6.45, 7) is 9.49. The summed E-state index contributed by atoms with van der Waals surface area (Å²) in [6.07, 6.45) is 1.82. The number of Topliss-reactive ketones (excluding diaryl/α,β-unsaturated/α-hetero) is 1. The highest BCUT2D eigenvalue weighted by Gasteiger charge is 2.28. The number of hydrogen-bond acceptors (Lipinski definition) is 4. The summed E-state index contributed by atoms with van der Waals surface area (Å²) in [7, 11) is 0. The second-order valence-electron chi connectivity index (χ2n) is 8.40. The number of nitrogens with zero attached hydrogens (tertiary/aromatic N) is 2. The monoisotopic (exact) mass is 418 g/mol. The molecule has 0 aliphatic carbocycles. The van der Waals surface area contributed by atoms with Gasteiger partial charge < -0.3 is 10.3 Å². The summed E-state index contributed by atoms with van der Waals surface area (Å²) in [4.78, 5) is 33.2. The number of ketones is 1. The molecule has 1 fully saturated rings. The lowest BCUT2D eigenvalue weighted by atomic mass is 10.0. The van der Waals surface area contributed by atoms with Crippen LogP contribution in [0.2, 0.25) is 0 Å². The molecule has 2 N–H and O–H groups in total. The number of para-hydroxylation sites is 1. The molecule has 1 amide bonds. The topological polar surface area (TPSA) is 68.4 Å². The molecule has 2 heterocycles. The van der Waals surface area contributed by atoms with E-state index >= 15 is 0 Å². The average molecular weight is 419 g/mol. The predicted octanol–water partition coefficient (Wildman–Crippen LogP) is 3.61. The lowest BCUT2D eigenvalue weighted by Crippen LogP contribution is -2.53. The van der Waals surface area contributed by atoms with Crippen LogP contribution >= 0.6 is 0 Å². The Labute approximate surface area is 183 Å². The molecular weight excluding hydrogens is 388 g/mol. The number of hydrogen-bond donors (Lipinski definition) is 2. The highest BCUT2D eigenvalue weighted by molar-refractivity contribution is 6.10. The lowest BCUT2D eigenvalue weighted by Gasteiger charge is -2.37. The van der Waals surface area contributed by atoms with Crippen LogP contribution in [0.4, 0.5) is 5.69 Å². The maximum absolute atomic E-state index is 13.1. The Balaban J connectivity index is 1.31. The van der Waals surface area contributed by atoms with Crippen molar-refractivity contribution in [2.45, 2.75) is 26.8 Å². The summed E-state index contributed by atoms with van der Waals surface area (Å²) in [5.41, 5.74) is 4.88. The van der Waals surface area contributed by atoms with Crippen molar-refractivity contribution in [2.24, 2.45) is 0 Å². The van der Waals surface area contributed by atoms with Crippen LogP contribution < -0.4 is 5.32 Å². The zero-order valence-electron chi connectivity index (χ0n) is 18.4. The molecule has 3 aromatic rings. The van der Waals surface area contributed by atoms with E-state index < -0.39 is 0 Å².